The maximum atomic E-state index is 15.0. The van der Waals surface area contributed by atoms with Gasteiger partial charge in [0.25, 0.3) is 5.91 Å². The Kier molecular flexibility index (Phi) is 7.67. The second kappa shape index (κ2) is 11.1. The van der Waals surface area contributed by atoms with Crippen molar-refractivity contribution < 1.29 is 27.5 Å². The average Bonchev–Trinajstić information content (AvgIpc) is 3.57. The highest BCUT2D eigenvalue weighted by atomic mass is 19.1. The van der Waals surface area contributed by atoms with Crippen LogP contribution >= 0.6 is 0 Å². The minimum atomic E-state index is -1.38. The number of benzene rings is 1. The van der Waals surface area contributed by atoms with Crippen molar-refractivity contribution in [3.05, 3.63) is 59.8 Å². The summed E-state index contributed by atoms with van der Waals surface area (Å²) in [6.07, 6.45) is 4.42. The van der Waals surface area contributed by atoms with Gasteiger partial charge in [0.2, 0.25) is 5.95 Å². The number of imidazole rings is 1. The van der Waals surface area contributed by atoms with Crippen molar-refractivity contribution in [3.63, 3.8) is 0 Å². The molecule has 2 N–H and O–H groups in total. The fourth-order valence-corrected chi connectivity index (χ4v) is 4.68. The van der Waals surface area contributed by atoms with Crippen LogP contribution in [0.25, 0.3) is 16.9 Å². The van der Waals surface area contributed by atoms with E-state index in [1.54, 1.807) is 38.5 Å². The van der Waals surface area contributed by atoms with Crippen molar-refractivity contribution in [1.82, 2.24) is 24.8 Å². The quantitative estimate of drug-likeness (QED) is 0.397. The normalized spacial score (nSPS) is 19.1. The molecule has 218 valence electrons. The van der Waals surface area contributed by atoms with Gasteiger partial charge in [0.1, 0.15) is 17.6 Å². The van der Waals surface area contributed by atoms with E-state index >= 15 is 4.39 Å². The summed E-state index contributed by atoms with van der Waals surface area (Å²) in [7, 11) is 0. The molecule has 2 atom stereocenters. The largest absolute Gasteiger partial charge is 0.444 e. The van der Waals surface area contributed by atoms with Crippen molar-refractivity contribution in [2.75, 3.05) is 18.4 Å². The molecule has 0 spiro atoms. The van der Waals surface area contributed by atoms with E-state index in [2.05, 4.69) is 20.6 Å². The predicted molar refractivity (Wildman–Crippen MR) is 147 cm³/mol. The van der Waals surface area contributed by atoms with Crippen LogP contribution < -0.4 is 10.6 Å². The third-order valence-electron chi connectivity index (χ3n) is 6.96. The molecule has 2 fully saturated rings. The Morgan fingerprint density at radius 2 is 1.85 bits per heavy atom. The molecular formula is C29H33F3N6O3. The van der Waals surface area contributed by atoms with Crippen LogP contribution in [0.2, 0.25) is 0 Å². The number of alkyl halides is 1. The van der Waals surface area contributed by atoms with Crippen LogP contribution in [-0.2, 0) is 4.74 Å². The molecule has 2 amide bonds. The van der Waals surface area contributed by atoms with Gasteiger partial charge in [0.05, 0.1) is 53.3 Å². The van der Waals surface area contributed by atoms with E-state index in [1.807, 2.05) is 0 Å². The lowest BCUT2D eigenvalue weighted by Crippen LogP contribution is -2.51. The van der Waals surface area contributed by atoms with Gasteiger partial charge in [-0.3, -0.25) is 4.79 Å². The fraction of sp³-hybridized carbons (Fsp3) is 0.448. The van der Waals surface area contributed by atoms with Gasteiger partial charge in [-0.05, 0) is 70.7 Å². The van der Waals surface area contributed by atoms with Gasteiger partial charge in [-0.15, -0.1) is 0 Å². The molecule has 0 bridgehead atoms. The molecule has 1 aliphatic carbocycles. The highest BCUT2D eigenvalue weighted by molar-refractivity contribution is 5.95. The third kappa shape index (κ3) is 6.63. The number of hydrogen-bond acceptors (Lipinski definition) is 6. The van der Waals surface area contributed by atoms with Crippen LogP contribution in [-0.4, -0.2) is 68.4 Å². The molecule has 3 heterocycles. The number of halogens is 3. The first kappa shape index (κ1) is 28.4. The number of likely N-dealkylation sites (tertiary alicyclic amines) is 1. The zero-order chi connectivity index (χ0) is 29.5. The molecule has 1 saturated heterocycles. The Morgan fingerprint density at radius 1 is 1.10 bits per heavy atom. The first-order valence-electron chi connectivity index (χ1n) is 13.6. The SMILES string of the molecule is Cc1cc(F)c(C(=O)NC2CC2)cc1-n1cnc(-c2cc(N[C@H]3CCN(C(=O)OC(C)(C)C)C[C@H]3F)cnc2F)c1. The van der Waals surface area contributed by atoms with Crippen LogP contribution in [0.1, 0.15) is 56.0 Å². The summed E-state index contributed by atoms with van der Waals surface area (Å²) < 4.78 is 51.3. The van der Waals surface area contributed by atoms with E-state index in [0.29, 0.717) is 29.9 Å². The van der Waals surface area contributed by atoms with E-state index in [-0.39, 0.29) is 29.4 Å². The Labute approximate surface area is 236 Å². The number of nitrogens with one attached hydrogen (secondary N) is 2. The second-order valence-electron chi connectivity index (χ2n) is 11.6. The number of carbonyl (C=O) groups excluding carboxylic acids is 2. The van der Waals surface area contributed by atoms with Crippen LogP contribution in [0.4, 0.5) is 23.7 Å². The lowest BCUT2D eigenvalue weighted by molar-refractivity contribution is 0.0125. The van der Waals surface area contributed by atoms with Crippen molar-refractivity contribution >= 4 is 17.7 Å². The number of rotatable bonds is 6. The zero-order valence-electron chi connectivity index (χ0n) is 23.4. The van der Waals surface area contributed by atoms with Crippen molar-refractivity contribution in [2.45, 2.75) is 70.8 Å². The van der Waals surface area contributed by atoms with Gasteiger partial charge in [0.15, 0.2) is 0 Å². The maximum Gasteiger partial charge on any atom is 0.410 e. The summed E-state index contributed by atoms with van der Waals surface area (Å²) in [5.74, 6) is -1.87. The fourth-order valence-electron chi connectivity index (χ4n) is 4.68. The summed E-state index contributed by atoms with van der Waals surface area (Å²) in [5, 5.41) is 5.85. The van der Waals surface area contributed by atoms with E-state index < -0.39 is 41.6 Å². The summed E-state index contributed by atoms with van der Waals surface area (Å²) in [5.41, 5.74) is 1.06. The highest BCUT2D eigenvalue weighted by Crippen LogP contribution is 2.28. The summed E-state index contributed by atoms with van der Waals surface area (Å²) in [4.78, 5) is 34.3. The number of nitrogens with zero attached hydrogens (tertiary/aromatic N) is 4. The molecule has 0 unspecified atom stereocenters. The number of piperidine rings is 1. The van der Waals surface area contributed by atoms with E-state index in [0.717, 1.165) is 12.8 Å². The van der Waals surface area contributed by atoms with Gasteiger partial charge in [-0.1, -0.05) is 0 Å². The number of aryl methyl sites for hydroxylation is 1. The standard InChI is InChI=1S/C29H33F3N6O3/c1-16-9-21(30)19(27(39)36-17-5-6-17)11-25(16)38-14-24(34-15-38)20-10-18(12-33-26(20)32)35-23-7-8-37(13-22(23)31)28(40)41-29(2,3)4/h9-12,14-15,17,22-23,35H,5-8,13H2,1-4H3,(H,36,39)/t22-,23+/m1/s1. The Hall–Kier alpha value is -4.09. The van der Waals surface area contributed by atoms with E-state index in [4.69, 9.17) is 4.74 Å². The van der Waals surface area contributed by atoms with Crippen molar-refractivity contribution in [3.8, 4) is 16.9 Å². The Morgan fingerprint density at radius 3 is 2.54 bits per heavy atom. The van der Waals surface area contributed by atoms with Crippen molar-refractivity contribution in [2.24, 2.45) is 0 Å². The molecular weight excluding hydrogens is 537 g/mol. The molecule has 0 radical (unpaired) electrons. The summed E-state index contributed by atoms with van der Waals surface area (Å²) >= 11 is 0. The molecule has 5 rings (SSSR count). The third-order valence-corrected chi connectivity index (χ3v) is 6.96. The maximum absolute atomic E-state index is 15.0. The molecule has 1 aromatic carbocycles. The molecule has 41 heavy (non-hydrogen) atoms. The molecule has 9 nitrogen and oxygen atoms in total. The van der Waals surface area contributed by atoms with Crippen LogP contribution in [0.5, 0.6) is 0 Å². The minimum Gasteiger partial charge on any atom is -0.444 e. The predicted octanol–water partition coefficient (Wildman–Crippen LogP) is 5.17. The van der Waals surface area contributed by atoms with Gasteiger partial charge >= 0.3 is 6.09 Å². The average molecular weight is 571 g/mol. The topological polar surface area (TPSA) is 101 Å². The van der Waals surface area contributed by atoms with Gasteiger partial charge < -0.3 is 24.8 Å². The lowest BCUT2D eigenvalue weighted by Gasteiger charge is -2.36. The van der Waals surface area contributed by atoms with Crippen LogP contribution in [0, 0.1) is 18.7 Å². The van der Waals surface area contributed by atoms with E-state index in [9.17, 15) is 18.4 Å². The number of ether oxygens (including phenoxy) is 1. The Bertz CT molecular complexity index is 1470. The van der Waals surface area contributed by atoms with Crippen LogP contribution in [0.3, 0.4) is 0 Å². The summed E-state index contributed by atoms with van der Waals surface area (Å²) in [6, 6.07) is 3.69. The van der Waals surface area contributed by atoms with E-state index in [1.165, 1.54) is 35.6 Å². The monoisotopic (exact) mass is 570 g/mol. The van der Waals surface area contributed by atoms with Gasteiger partial charge in [-0.25, -0.2) is 23.5 Å². The minimum absolute atomic E-state index is 0.0769. The van der Waals surface area contributed by atoms with Crippen LogP contribution in [0.15, 0.2) is 36.9 Å². The van der Waals surface area contributed by atoms with Gasteiger partial charge in [-0.2, -0.15) is 4.39 Å². The summed E-state index contributed by atoms with van der Waals surface area (Å²) in [6.45, 7) is 7.13. The first-order valence-corrected chi connectivity index (χ1v) is 13.6. The number of hydrogen-bond donors (Lipinski definition) is 2. The number of aromatic nitrogens is 3. The number of carbonyl (C=O) groups is 2. The molecule has 2 aliphatic rings. The molecule has 1 saturated carbocycles. The number of amides is 2. The first-order chi connectivity index (χ1) is 19.4. The highest BCUT2D eigenvalue weighted by Gasteiger charge is 2.34. The molecule has 1 aliphatic heterocycles. The number of pyridine rings is 1. The van der Waals surface area contributed by atoms with Crippen molar-refractivity contribution in [1.29, 1.82) is 0 Å². The molecule has 2 aromatic heterocycles. The molecule has 12 heteroatoms. The number of anilines is 1. The zero-order valence-corrected chi connectivity index (χ0v) is 23.4. The lowest BCUT2D eigenvalue weighted by atomic mass is 10.0. The molecule has 3 aromatic rings. The van der Waals surface area contributed by atoms with Gasteiger partial charge in [0, 0.05) is 18.8 Å². The Balaban J connectivity index is 1.31. The smallest absolute Gasteiger partial charge is 0.410 e. The second-order valence-corrected chi connectivity index (χ2v) is 11.6.